The van der Waals surface area contributed by atoms with Crippen LogP contribution in [0, 0.1) is 5.92 Å². The maximum Gasteiger partial charge on any atom is 0.231 e. The van der Waals surface area contributed by atoms with Gasteiger partial charge in [-0.15, -0.1) is 12.4 Å². The summed E-state index contributed by atoms with van der Waals surface area (Å²) < 4.78 is 12.4. The van der Waals surface area contributed by atoms with Crippen molar-refractivity contribution in [2.45, 2.75) is 5.92 Å². The molecule has 0 saturated carbocycles. The van der Waals surface area contributed by atoms with E-state index in [0.717, 1.165) is 17.8 Å². The van der Waals surface area contributed by atoms with Gasteiger partial charge in [0, 0.05) is 44.0 Å². The van der Waals surface area contributed by atoms with Crippen molar-refractivity contribution < 1.29 is 14.3 Å². The molecule has 128 valence electrons. The largest absolute Gasteiger partial charge is 0.454 e. The summed E-state index contributed by atoms with van der Waals surface area (Å²) in [4.78, 5) is 12.7. The van der Waals surface area contributed by atoms with Gasteiger partial charge in [-0.05, 0) is 17.7 Å². The molecule has 2 aromatic rings. The number of anilines is 1. The number of benzene rings is 1. The maximum atomic E-state index is 12.7. The van der Waals surface area contributed by atoms with Crippen LogP contribution in [0.25, 0.3) is 0 Å². The molecule has 7 nitrogen and oxygen atoms in total. The van der Waals surface area contributed by atoms with Gasteiger partial charge in [0.05, 0.1) is 12.1 Å². The quantitative estimate of drug-likeness (QED) is 0.877. The van der Waals surface area contributed by atoms with E-state index in [1.807, 2.05) is 31.6 Å². The Morgan fingerprint density at radius 2 is 2.17 bits per heavy atom. The van der Waals surface area contributed by atoms with Crippen LogP contribution in [0.15, 0.2) is 30.6 Å². The number of hydrogen-bond acceptors (Lipinski definition) is 5. The minimum atomic E-state index is -0.121. The molecule has 4 rings (SSSR count). The van der Waals surface area contributed by atoms with Crippen molar-refractivity contribution in [1.82, 2.24) is 15.1 Å². The summed E-state index contributed by atoms with van der Waals surface area (Å²) in [7, 11) is 1.88. The Labute approximate surface area is 145 Å². The van der Waals surface area contributed by atoms with Gasteiger partial charge in [-0.1, -0.05) is 0 Å². The monoisotopic (exact) mass is 350 g/mol. The van der Waals surface area contributed by atoms with Crippen molar-refractivity contribution in [2.24, 2.45) is 13.0 Å². The zero-order chi connectivity index (χ0) is 15.8. The highest BCUT2D eigenvalue weighted by Gasteiger charge is 2.34. The lowest BCUT2D eigenvalue weighted by atomic mass is 9.90. The van der Waals surface area contributed by atoms with Gasteiger partial charge in [0.2, 0.25) is 12.7 Å². The highest BCUT2D eigenvalue weighted by atomic mass is 35.5. The standard InChI is InChI=1S/C16H18N4O3.ClH/c1-20-8-10(5-18-20)12-6-17-7-13(12)16(21)19-11-2-3-14-15(4-11)23-9-22-14;/h2-5,8,12-13,17H,6-7,9H2,1H3,(H,19,21);1H/t12-,13+;/m1./s1. The number of ether oxygens (including phenoxy) is 2. The number of halogens is 1. The minimum Gasteiger partial charge on any atom is -0.454 e. The first-order chi connectivity index (χ1) is 11.2. The van der Waals surface area contributed by atoms with Crippen molar-refractivity contribution in [2.75, 3.05) is 25.2 Å². The first-order valence-electron chi connectivity index (χ1n) is 7.60. The van der Waals surface area contributed by atoms with Crippen molar-refractivity contribution in [3.05, 3.63) is 36.2 Å². The number of nitrogens with one attached hydrogen (secondary N) is 2. The number of amides is 1. The molecule has 3 heterocycles. The lowest BCUT2D eigenvalue weighted by molar-refractivity contribution is -0.119. The second-order valence-electron chi connectivity index (χ2n) is 5.88. The van der Waals surface area contributed by atoms with E-state index in [2.05, 4.69) is 15.7 Å². The lowest BCUT2D eigenvalue weighted by Gasteiger charge is -2.17. The number of carbonyl (C=O) groups excluding carboxylic acids is 1. The van der Waals surface area contributed by atoms with Crippen LogP contribution in [-0.4, -0.2) is 35.6 Å². The summed E-state index contributed by atoms with van der Waals surface area (Å²) in [6.07, 6.45) is 3.80. The molecule has 0 unspecified atom stereocenters. The number of rotatable bonds is 3. The van der Waals surface area contributed by atoms with Gasteiger partial charge in [-0.25, -0.2) is 0 Å². The van der Waals surface area contributed by atoms with Gasteiger partial charge in [0.1, 0.15) is 0 Å². The molecule has 2 aliphatic heterocycles. The minimum absolute atomic E-state index is 0. The van der Waals surface area contributed by atoms with Crippen LogP contribution in [0.2, 0.25) is 0 Å². The summed E-state index contributed by atoms with van der Waals surface area (Å²) in [5.41, 5.74) is 1.81. The van der Waals surface area contributed by atoms with Crippen molar-refractivity contribution >= 4 is 24.0 Å². The van der Waals surface area contributed by atoms with E-state index >= 15 is 0 Å². The average molecular weight is 351 g/mol. The predicted molar refractivity (Wildman–Crippen MR) is 90.8 cm³/mol. The molecular weight excluding hydrogens is 332 g/mol. The third-order valence-corrected chi connectivity index (χ3v) is 4.34. The van der Waals surface area contributed by atoms with Crippen molar-refractivity contribution in [3.8, 4) is 11.5 Å². The van der Waals surface area contributed by atoms with Crippen molar-refractivity contribution in [1.29, 1.82) is 0 Å². The number of carbonyl (C=O) groups is 1. The fourth-order valence-electron chi connectivity index (χ4n) is 3.15. The molecule has 1 saturated heterocycles. The van der Waals surface area contributed by atoms with Crippen LogP contribution in [0.5, 0.6) is 11.5 Å². The number of aryl methyl sites for hydroxylation is 1. The Balaban J connectivity index is 0.00000169. The van der Waals surface area contributed by atoms with Gasteiger partial charge in [-0.3, -0.25) is 9.48 Å². The van der Waals surface area contributed by atoms with E-state index in [-0.39, 0.29) is 36.9 Å². The molecule has 2 aliphatic rings. The molecule has 1 amide bonds. The Morgan fingerprint density at radius 1 is 1.33 bits per heavy atom. The molecule has 0 radical (unpaired) electrons. The molecule has 1 fully saturated rings. The summed E-state index contributed by atoms with van der Waals surface area (Å²) in [5, 5.41) is 10.5. The molecule has 2 atom stereocenters. The van der Waals surface area contributed by atoms with Crippen LogP contribution in [0.3, 0.4) is 0 Å². The second kappa shape index (κ2) is 6.70. The number of fused-ring (bicyclic) bond motifs is 1. The number of hydrogen-bond donors (Lipinski definition) is 2. The van der Waals surface area contributed by atoms with Gasteiger partial charge in [-0.2, -0.15) is 5.10 Å². The molecular formula is C16H19ClN4O3. The Hall–Kier alpha value is -2.25. The first kappa shape index (κ1) is 16.6. The Bertz CT molecular complexity index is 749. The smallest absolute Gasteiger partial charge is 0.231 e. The first-order valence-corrected chi connectivity index (χ1v) is 7.60. The number of nitrogens with zero attached hydrogens (tertiary/aromatic N) is 2. The molecule has 1 aromatic heterocycles. The van der Waals surface area contributed by atoms with Crippen LogP contribution in [-0.2, 0) is 11.8 Å². The average Bonchev–Trinajstić information content (AvgIpc) is 3.26. The SMILES string of the molecule is Cl.Cn1cc([C@H]2CNC[C@@H]2C(=O)Nc2ccc3c(c2)OCO3)cn1. The number of aromatic nitrogens is 2. The van der Waals surface area contributed by atoms with E-state index in [4.69, 9.17) is 9.47 Å². The fourth-order valence-corrected chi connectivity index (χ4v) is 3.15. The molecule has 0 bridgehead atoms. The van der Waals surface area contributed by atoms with E-state index in [1.165, 1.54) is 0 Å². The fraction of sp³-hybridized carbons (Fsp3) is 0.375. The lowest BCUT2D eigenvalue weighted by Crippen LogP contribution is -2.28. The molecule has 2 N–H and O–H groups in total. The Kier molecular flexibility index (Phi) is 4.64. The van der Waals surface area contributed by atoms with Crippen LogP contribution >= 0.6 is 12.4 Å². The molecule has 0 aliphatic carbocycles. The van der Waals surface area contributed by atoms with Crippen LogP contribution < -0.4 is 20.1 Å². The normalized spacial score (nSPS) is 21.4. The zero-order valence-electron chi connectivity index (χ0n) is 13.2. The van der Waals surface area contributed by atoms with E-state index < -0.39 is 0 Å². The molecule has 24 heavy (non-hydrogen) atoms. The van der Waals surface area contributed by atoms with Gasteiger partial charge in [0.25, 0.3) is 0 Å². The highest BCUT2D eigenvalue weighted by molar-refractivity contribution is 5.94. The third kappa shape index (κ3) is 3.05. The van der Waals surface area contributed by atoms with Gasteiger partial charge >= 0.3 is 0 Å². The maximum absolute atomic E-state index is 12.7. The second-order valence-corrected chi connectivity index (χ2v) is 5.88. The molecule has 0 spiro atoms. The molecule has 1 aromatic carbocycles. The summed E-state index contributed by atoms with van der Waals surface area (Å²) in [6, 6.07) is 5.43. The van der Waals surface area contributed by atoms with Crippen LogP contribution in [0.1, 0.15) is 11.5 Å². The predicted octanol–water partition coefficient (Wildman–Crippen LogP) is 1.51. The molecule has 8 heteroatoms. The Morgan fingerprint density at radius 3 is 2.96 bits per heavy atom. The summed E-state index contributed by atoms with van der Waals surface area (Å²) >= 11 is 0. The topological polar surface area (TPSA) is 77.4 Å². The van der Waals surface area contributed by atoms with Crippen molar-refractivity contribution in [3.63, 3.8) is 0 Å². The van der Waals surface area contributed by atoms with E-state index in [1.54, 1.807) is 10.7 Å². The van der Waals surface area contributed by atoms with Gasteiger partial charge in [0.15, 0.2) is 11.5 Å². The summed E-state index contributed by atoms with van der Waals surface area (Å²) in [5.74, 6) is 1.39. The summed E-state index contributed by atoms with van der Waals surface area (Å²) in [6.45, 7) is 1.67. The zero-order valence-corrected chi connectivity index (χ0v) is 14.0. The van der Waals surface area contributed by atoms with E-state index in [0.29, 0.717) is 18.0 Å². The van der Waals surface area contributed by atoms with Gasteiger partial charge < -0.3 is 20.1 Å². The third-order valence-electron chi connectivity index (χ3n) is 4.34. The van der Waals surface area contributed by atoms with E-state index in [9.17, 15) is 4.79 Å². The highest BCUT2D eigenvalue weighted by Crippen LogP contribution is 2.35. The van der Waals surface area contributed by atoms with Crippen LogP contribution in [0.4, 0.5) is 5.69 Å².